The predicted octanol–water partition coefficient (Wildman–Crippen LogP) is 20.5. The summed E-state index contributed by atoms with van der Waals surface area (Å²) in [6.45, 7) is 14.1. The number of unbranched alkanes of at least 4 members (excludes halogenated alkanes) is 33. The fraction of sp³-hybridized carbons (Fsp3) is 0.944. The van der Waals surface area contributed by atoms with Gasteiger partial charge in [-0.2, -0.15) is 0 Å². The number of ether oxygens (including phenoxy) is 4. The van der Waals surface area contributed by atoms with Crippen molar-refractivity contribution in [2.45, 2.75) is 375 Å². The maximum absolute atomic E-state index is 13.0. The molecule has 0 aromatic carbocycles. The first-order chi connectivity index (χ1) is 43.7. The van der Waals surface area contributed by atoms with Gasteiger partial charge in [0.15, 0.2) is 12.2 Å². The fourth-order valence-corrected chi connectivity index (χ4v) is 12.4. The van der Waals surface area contributed by atoms with Crippen molar-refractivity contribution in [1.29, 1.82) is 0 Å². The maximum Gasteiger partial charge on any atom is 0.472 e. The van der Waals surface area contributed by atoms with E-state index in [0.29, 0.717) is 31.6 Å². The standard InChI is InChI=1S/C72H140O17P2/c1-9-64(7)50-42-34-26-20-15-13-11-12-14-16-22-28-38-46-54-71(76)88-67(58-83-70(75)53-45-37-29-23-25-33-41-49-63(5)6)60-86-90(78,79)84-56-66(73)57-85-91(80,81)87-61-68(89-72(77)55-47-39-31-30-35-43-51-65(8)10-2)59-82-69(74)52-44-36-27-21-18-17-19-24-32-40-48-62(3)4/h62-68,73H,9-61H2,1-8H3,(H,78,79)(H,80,81)/t64?,65?,66?,67-,68-/m1/s1. The molecule has 0 aliphatic carbocycles. The number of carbonyl (C=O) groups is 4. The van der Waals surface area contributed by atoms with Crippen LogP contribution in [0.25, 0.3) is 0 Å². The molecule has 0 spiro atoms. The Morgan fingerprint density at radius 3 is 0.780 bits per heavy atom. The summed E-state index contributed by atoms with van der Waals surface area (Å²) in [7, 11) is -9.91. The van der Waals surface area contributed by atoms with Crippen LogP contribution < -0.4 is 0 Å². The van der Waals surface area contributed by atoms with Crippen LogP contribution in [0.5, 0.6) is 0 Å². The van der Waals surface area contributed by atoms with Crippen LogP contribution in [0.1, 0.15) is 357 Å². The van der Waals surface area contributed by atoms with Gasteiger partial charge in [0.25, 0.3) is 0 Å². The summed E-state index contributed by atoms with van der Waals surface area (Å²) >= 11 is 0. The molecular weight excluding hydrogens is 1200 g/mol. The lowest BCUT2D eigenvalue weighted by Gasteiger charge is -2.21. The van der Waals surface area contributed by atoms with E-state index in [0.717, 1.165) is 114 Å². The number of aliphatic hydroxyl groups is 1. The van der Waals surface area contributed by atoms with E-state index < -0.39 is 97.5 Å². The molecule has 17 nitrogen and oxygen atoms in total. The number of hydrogen-bond donors (Lipinski definition) is 3. The van der Waals surface area contributed by atoms with Crippen molar-refractivity contribution < 1.29 is 80.2 Å². The Labute approximate surface area is 556 Å². The lowest BCUT2D eigenvalue weighted by atomic mass is 9.99. The van der Waals surface area contributed by atoms with Crippen molar-refractivity contribution >= 4 is 39.5 Å². The molecule has 0 aliphatic rings. The average molecular weight is 1340 g/mol. The molecule has 5 unspecified atom stereocenters. The molecule has 0 heterocycles. The second-order valence-corrected chi connectivity index (χ2v) is 30.3. The minimum Gasteiger partial charge on any atom is -0.462 e. The Kier molecular flexibility index (Phi) is 60.3. The normalized spacial score (nSPS) is 14.8. The lowest BCUT2D eigenvalue weighted by molar-refractivity contribution is -0.161. The van der Waals surface area contributed by atoms with Gasteiger partial charge in [-0.25, -0.2) is 9.13 Å². The van der Waals surface area contributed by atoms with Crippen LogP contribution in [-0.2, 0) is 65.4 Å². The quantitative estimate of drug-likeness (QED) is 0.0222. The number of rotatable bonds is 69. The fourth-order valence-electron chi connectivity index (χ4n) is 10.8. The van der Waals surface area contributed by atoms with Crippen molar-refractivity contribution in [3.8, 4) is 0 Å². The van der Waals surface area contributed by atoms with Gasteiger partial charge in [0.05, 0.1) is 26.4 Å². The summed E-state index contributed by atoms with van der Waals surface area (Å²) < 4.78 is 68.3. The summed E-state index contributed by atoms with van der Waals surface area (Å²) in [6.07, 6.45) is 44.5. The molecule has 0 aromatic heterocycles. The molecule has 0 saturated carbocycles. The molecular formula is C72H140O17P2. The molecule has 0 radical (unpaired) electrons. The smallest absolute Gasteiger partial charge is 0.462 e. The van der Waals surface area contributed by atoms with Crippen LogP contribution in [0.3, 0.4) is 0 Å². The van der Waals surface area contributed by atoms with Gasteiger partial charge in [0.1, 0.15) is 19.3 Å². The number of phosphoric acid groups is 2. The van der Waals surface area contributed by atoms with Gasteiger partial charge in [-0.3, -0.25) is 37.3 Å². The highest BCUT2D eigenvalue weighted by molar-refractivity contribution is 7.47. The Bertz CT molecular complexity index is 1800. The second kappa shape index (κ2) is 61.6. The van der Waals surface area contributed by atoms with E-state index in [4.69, 9.17) is 37.0 Å². The van der Waals surface area contributed by atoms with Crippen LogP contribution >= 0.6 is 15.6 Å². The zero-order valence-electron chi connectivity index (χ0n) is 59.5. The van der Waals surface area contributed by atoms with Gasteiger partial charge in [-0.1, -0.05) is 306 Å². The minimum atomic E-state index is -4.95. The number of hydrogen-bond acceptors (Lipinski definition) is 15. The molecule has 0 aliphatic heterocycles. The Morgan fingerprint density at radius 2 is 0.527 bits per heavy atom. The third-order valence-electron chi connectivity index (χ3n) is 17.3. The highest BCUT2D eigenvalue weighted by Crippen LogP contribution is 2.45. The highest BCUT2D eigenvalue weighted by Gasteiger charge is 2.30. The van der Waals surface area contributed by atoms with Gasteiger partial charge in [-0.05, 0) is 49.4 Å². The third kappa shape index (κ3) is 63.9. The Balaban J connectivity index is 5.22. The summed E-state index contributed by atoms with van der Waals surface area (Å²) in [5.41, 5.74) is 0. The first-order valence-corrected chi connectivity index (χ1v) is 40.3. The molecule has 91 heavy (non-hydrogen) atoms. The van der Waals surface area contributed by atoms with Crippen LogP contribution in [-0.4, -0.2) is 96.7 Å². The van der Waals surface area contributed by atoms with Crippen LogP contribution in [0.15, 0.2) is 0 Å². The zero-order valence-corrected chi connectivity index (χ0v) is 61.3. The largest absolute Gasteiger partial charge is 0.472 e. The Morgan fingerprint density at radius 1 is 0.308 bits per heavy atom. The summed E-state index contributed by atoms with van der Waals surface area (Å²) in [6, 6.07) is 0. The van der Waals surface area contributed by atoms with Crippen molar-refractivity contribution in [3.63, 3.8) is 0 Å². The second-order valence-electron chi connectivity index (χ2n) is 27.4. The van der Waals surface area contributed by atoms with E-state index in [9.17, 15) is 43.2 Å². The number of aliphatic hydroxyl groups excluding tert-OH is 1. The van der Waals surface area contributed by atoms with Gasteiger partial charge in [0, 0.05) is 25.7 Å². The molecule has 19 heteroatoms. The molecule has 0 amide bonds. The predicted molar refractivity (Wildman–Crippen MR) is 367 cm³/mol. The van der Waals surface area contributed by atoms with Crippen LogP contribution in [0.2, 0.25) is 0 Å². The molecule has 0 fully saturated rings. The summed E-state index contributed by atoms with van der Waals surface area (Å²) in [5, 5.41) is 10.6. The number of carbonyl (C=O) groups excluding carboxylic acids is 4. The van der Waals surface area contributed by atoms with Gasteiger partial charge in [0.2, 0.25) is 0 Å². The average Bonchev–Trinajstić information content (AvgIpc) is 3.65. The van der Waals surface area contributed by atoms with Crippen molar-refractivity contribution in [2.24, 2.45) is 23.7 Å². The van der Waals surface area contributed by atoms with Gasteiger partial charge in [-0.15, -0.1) is 0 Å². The molecule has 0 aromatic rings. The lowest BCUT2D eigenvalue weighted by Crippen LogP contribution is -2.30. The van der Waals surface area contributed by atoms with E-state index in [1.807, 2.05) is 0 Å². The molecule has 3 N–H and O–H groups in total. The van der Waals surface area contributed by atoms with E-state index >= 15 is 0 Å². The third-order valence-corrected chi connectivity index (χ3v) is 19.2. The highest BCUT2D eigenvalue weighted by atomic mass is 31.2. The number of esters is 4. The van der Waals surface area contributed by atoms with Crippen LogP contribution in [0.4, 0.5) is 0 Å². The minimum absolute atomic E-state index is 0.102. The van der Waals surface area contributed by atoms with E-state index in [1.54, 1.807) is 0 Å². The molecule has 0 saturated heterocycles. The van der Waals surface area contributed by atoms with E-state index in [1.165, 1.54) is 154 Å². The Hall–Kier alpha value is -1.94. The molecule has 0 bridgehead atoms. The summed E-state index contributed by atoms with van der Waals surface area (Å²) in [5.74, 6) is 0.900. The van der Waals surface area contributed by atoms with E-state index in [-0.39, 0.29) is 25.7 Å². The number of phosphoric ester groups is 2. The van der Waals surface area contributed by atoms with Gasteiger partial charge >= 0.3 is 39.5 Å². The monoisotopic (exact) mass is 1340 g/mol. The topological polar surface area (TPSA) is 237 Å². The van der Waals surface area contributed by atoms with Gasteiger partial charge < -0.3 is 33.8 Å². The first-order valence-electron chi connectivity index (χ1n) is 37.3. The molecule has 7 atom stereocenters. The maximum atomic E-state index is 13.0. The summed E-state index contributed by atoms with van der Waals surface area (Å²) in [4.78, 5) is 72.6. The SMILES string of the molecule is CCC(C)CCCCCCCCCCCCCCCCC(=O)O[C@H](COC(=O)CCCCCCCCCC(C)C)COP(=O)(O)OCC(O)COP(=O)(O)OC[C@@H](COC(=O)CCCCCCCCCCCCC(C)C)OC(=O)CCCCCCCCC(C)CC. The molecule has 0 rings (SSSR count). The van der Waals surface area contributed by atoms with E-state index in [2.05, 4.69) is 55.4 Å². The van der Waals surface area contributed by atoms with Crippen molar-refractivity contribution in [1.82, 2.24) is 0 Å². The van der Waals surface area contributed by atoms with Crippen LogP contribution in [0, 0.1) is 23.7 Å². The van der Waals surface area contributed by atoms with Crippen molar-refractivity contribution in [2.75, 3.05) is 39.6 Å². The first kappa shape index (κ1) is 89.1. The van der Waals surface area contributed by atoms with Crippen molar-refractivity contribution in [3.05, 3.63) is 0 Å². The zero-order chi connectivity index (χ0) is 67.5. The molecule has 540 valence electrons.